The van der Waals surface area contributed by atoms with E-state index in [0.29, 0.717) is 11.2 Å². The summed E-state index contributed by atoms with van der Waals surface area (Å²) in [6.07, 6.45) is 23.1. The van der Waals surface area contributed by atoms with Crippen LogP contribution in [-0.4, -0.2) is 43.4 Å². The quantitative estimate of drug-likeness (QED) is 0.164. The molecule has 8 nitrogen and oxygen atoms in total. The van der Waals surface area contributed by atoms with E-state index in [1.165, 1.54) is 94.5 Å². The van der Waals surface area contributed by atoms with E-state index < -0.39 is 5.69 Å². The van der Waals surface area contributed by atoms with Gasteiger partial charge in [0.15, 0.2) is 11.2 Å². The second-order valence-electron chi connectivity index (χ2n) is 11.1. The third-order valence-corrected chi connectivity index (χ3v) is 7.75. The molecule has 0 spiro atoms. The minimum absolute atomic E-state index is 0.224. The van der Waals surface area contributed by atoms with Crippen LogP contribution in [0.2, 0.25) is 0 Å². The largest absolute Gasteiger partial charge is 0.392 e. The Bertz CT molecular complexity index is 1010. The Morgan fingerprint density at radius 2 is 1.34 bits per heavy atom. The van der Waals surface area contributed by atoms with E-state index in [9.17, 15) is 14.7 Å². The average molecular weight is 534 g/mol. The van der Waals surface area contributed by atoms with Gasteiger partial charge in [-0.25, -0.2) is 9.78 Å². The summed E-state index contributed by atoms with van der Waals surface area (Å²) in [5.74, 6) is 0.850. The molecule has 1 atom stereocenters. The second kappa shape index (κ2) is 19.2. The first-order valence-corrected chi connectivity index (χ1v) is 15.5. The molecule has 1 unspecified atom stereocenters. The van der Waals surface area contributed by atoms with Crippen LogP contribution in [-0.2, 0) is 20.5 Å². The molecule has 3 N–H and O–H groups in total. The Balaban J connectivity index is 1.40. The van der Waals surface area contributed by atoms with Crippen molar-refractivity contribution in [3.63, 3.8) is 0 Å². The predicted octanol–water partition coefficient (Wildman–Crippen LogP) is 5.50. The zero-order chi connectivity index (χ0) is 27.6. The smallest absolute Gasteiger partial charge is 0.329 e. The number of nitrogens with zero attached hydrogens (tertiary/aromatic N) is 3. The number of H-pyrrole nitrogens is 1. The lowest BCUT2D eigenvalue weighted by atomic mass is 10.1. The van der Waals surface area contributed by atoms with E-state index in [1.54, 1.807) is 7.05 Å². The molecule has 2 aromatic heterocycles. The van der Waals surface area contributed by atoms with Gasteiger partial charge < -0.3 is 15.0 Å². The van der Waals surface area contributed by atoms with Crippen LogP contribution in [0.5, 0.6) is 0 Å². The number of unbranched alkanes of at least 4 members (excludes halogenated alkanes) is 15. The molecule has 0 bridgehead atoms. The maximum atomic E-state index is 12.1. The van der Waals surface area contributed by atoms with E-state index in [1.807, 2.05) is 11.6 Å². The van der Waals surface area contributed by atoms with E-state index in [0.717, 1.165) is 51.0 Å². The number of hydrogen-bond donors (Lipinski definition) is 3. The first-order valence-electron chi connectivity index (χ1n) is 15.5. The molecule has 0 aromatic carbocycles. The van der Waals surface area contributed by atoms with Crippen LogP contribution in [0.4, 0.5) is 0 Å². The highest BCUT2D eigenvalue weighted by atomic mass is 16.3. The molecule has 2 aromatic rings. The molecular weight excluding hydrogens is 478 g/mol. The van der Waals surface area contributed by atoms with Crippen LogP contribution in [0, 0.1) is 0 Å². The Labute approximate surface area is 229 Å². The van der Waals surface area contributed by atoms with Crippen LogP contribution < -0.4 is 16.6 Å². The molecule has 2 rings (SSSR count). The highest BCUT2D eigenvalue weighted by Crippen LogP contribution is 2.14. The molecule has 8 heteroatoms. The number of hydrogen-bond acceptors (Lipinski definition) is 5. The van der Waals surface area contributed by atoms with E-state index in [2.05, 4.69) is 22.2 Å². The van der Waals surface area contributed by atoms with Crippen LogP contribution in [0.3, 0.4) is 0 Å². The summed E-state index contributed by atoms with van der Waals surface area (Å²) >= 11 is 0. The van der Waals surface area contributed by atoms with E-state index in [-0.39, 0.29) is 11.7 Å². The molecule has 0 fully saturated rings. The van der Waals surface area contributed by atoms with Gasteiger partial charge in [0, 0.05) is 27.1 Å². The number of aliphatic hydroxyl groups is 1. The van der Waals surface area contributed by atoms with Crippen LogP contribution in [0.15, 0.2) is 9.59 Å². The van der Waals surface area contributed by atoms with E-state index >= 15 is 0 Å². The van der Waals surface area contributed by atoms with Crippen LogP contribution in [0.1, 0.15) is 128 Å². The van der Waals surface area contributed by atoms with Crippen molar-refractivity contribution in [3.8, 4) is 0 Å². The first-order chi connectivity index (χ1) is 18.5. The van der Waals surface area contributed by atoms with Crippen molar-refractivity contribution in [2.24, 2.45) is 14.1 Å². The van der Waals surface area contributed by atoms with Gasteiger partial charge in [-0.1, -0.05) is 103 Å². The molecule has 0 aliphatic rings. The van der Waals surface area contributed by atoms with Crippen molar-refractivity contribution >= 4 is 11.2 Å². The number of rotatable bonds is 23. The van der Waals surface area contributed by atoms with Crippen LogP contribution >= 0.6 is 0 Å². The average Bonchev–Trinajstić information content (AvgIpc) is 3.23. The monoisotopic (exact) mass is 533 g/mol. The van der Waals surface area contributed by atoms with Crippen LogP contribution in [0.25, 0.3) is 11.2 Å². The second-order valence-corrected chi connectivity index (χ2v) is 11.1. The number of aromatic nitrogens is 4. The van der Waals surface area contributed by atoms with Crippen molar-refractivity contribution in [1.29, 1.82) is 0 Å². The molecule has 0 aliphatic carbocycles. The summed E-state index contributed by atoms with van der Waals surface area (Å²) in [6, 6.07) is 0. The van der Waals surface area contributed by atoms with Gasteiger partial charge in [-0.05, 0) is 25.8 Å². The lowest BCUT2D eigenvalue weighted by Crippen LogP contribution is -2.29. The topological polar surface area (TPSA) is 105 Å². The van der Waals surface area contributed by atoms with E-state index in [4.69, 9.17) is 0 Å². The number of fused-ring (bicyclic) bond motifs is 1. The third-order valence-electron chi connectivity index (χ3n) is 7.75. The fraction of sp³-hybridized carbons (Fsp3) is 0.833. The molecule has 2 heterocycles. The summed E-state index contributed by atoms with van der Waals surface area (Å²) in [5.41, 5.74) is 0.102. The summed E-state index contributed by atoms with van der Waals surface area (Å²) < 4.78 is 3.21. The number of nitrogens with one attached hydrogen (secondary N) is 2. The molecule has 0 aliphatic heterocycles. The summed E-state index contributed by atoms with van der Waals surface area (Å²) in [5, 5.41) is 13.6. The van der Waals surface area contributed by atoms with Gasteiger partial charge in [0.2, 0.25) is 0 Å². The molecule has 218 valence electrons. The summed E-state index contributed by atoms with van der Waals surface area (Å²) in [4.78, 5) is 30.8. The molecule has 0 amide bonds. The standard InChI is InChI=1S/C30H55N5O3/c1-4-5-6-7-8-9-10-14-17-20-23-31-24-25(36)21-18-15-12-11-13-16-19-22-26-32-28-27(34(26)2)29(37)33-30(38)35(28)3/h25,31,36H,4-24H2,1-3H3,(H,33,37,38). The van der Waals surface area contributed by atoms with Gasteiger partial charge in [-0.2, -0.15) is 0 Å². The summed E-state index contributed by atoms with van der Waals surface area (Å²) in [6.45, 7) is 4.02. The van der Waals surface area contributed by atoms with Gasteiger partial charge in [-0.15, -0.1) is 0 Å². The highest BCUT2D eigenvalue weighted by Gasteiger charge is 2.14. The molecule has 0 saturated carbocycles. The van der Waals surface area contributed by atoms with Gasteiger partial charge in [0.25, 0.3) is 5.56 Å². The Kier molecular flexibility index (Phi) is 16.3. The normalized spacial score (nSPS) is 12.5. The molecule has 0 radical (unpaired) electrons. The summed E-state index contributed by atoms with van der Waals surface area (Å²) in [7, 11) is 3.47. The van der Waals surface area contributed by atoms with Gasteiger partial charge in [-0.3, -0.25) is 14.3 Å². The zero-order valence-electron chi connectivity index (χ0n) is 24.5. The van der Waals surface area contributed by atoms with Crippen molar-refractivity contribution in [1.82, 2.24) is 24.4 Å². The SMILES string of the molecule is CCCCCCCCCCCCNCC(O)CCCCCCCCCc1nc2c(c(=O)[nH]c(=O)n2C)n1C. The molecule has 38 heavy (non-hydrogen) atoms. The third kappa shape index (κ3) is 11.9. The Morgan fingerprint density at radius 3 is 1.97 bits per heavy atom. The number of aromatic amines is 1. The van der Waals surface area contributed by atoms with Gasteiger partial charge in [0.1, 0.15) is 5.82 Å². The van der Waals surface area contributed by atoms with Crippen molar-refractivity contribution in [2.45, 2.75) is 135 Å². The number of aryl methyl sites for hydroxylation is 3. The number of aliphatic hydroxyl groups excluding tert-OH is 1. The van der Waals surface area contributed by atoms with Gasteiger partial charge in [0.05, 0.1) is 6.10 Å². The zero-order valence-corrected chi connectivity index (χ0v) is 24.5. The van der Waals surface area contributed by atoms with Crippen molar-refractivity contribution in [3.05, 3.63) is 26.7 Å². The first kappa shape index (κ1) is 32.3. The predicted molar refractivity (Wildman–Crippen MR) is 158 cm³/mol. The van der Waals surface area contributed by atoms with Crippen molar-refractivity contribution < 1.29 is 5.11 Å². The fourth-order valence-electron chi connectivity index (χ4n) is 5.23. The van der Waals surface area contributed by atoms with Crippen molar-refractivity contribution in [2.75, 3.05) is 13.1 Å². The Hall–Kier alpha value is -1.93. The minimum atomic E-state index is -0.430. The lowest BCUT2D eigenvalue weighted by molar-refractivity contribution is 0.158. The van der Waals surface area contributed by atoms with Gasteiger partial charge >= 0.3 is 5.69 Å². The maximum absolute atomic E-state index is 12.1. The minimum Gasteiger partial charge on any atom is -0.392 e. The number of imidazole rings is 1. The highest BCUT2D eigenvalue weighted by molar-refractivity contribution is 5.70. The molecule has 0 saturated heterocycles. The Morgan fingerprint density at radius 1 is 0.789 bits per heavy atom. The molecular formula is C30H55N5O3. The maximum Gasteiger partial charge on any atom is 0.329 e. The fourth-order valence-corrected chi connectivity index (χ4v) is 5.23. The lowest BCUT2D eigenvalue weighted by Gasteiger charge is -2.11.